The van der Waals surface area contributed by atoms with Crippen molar-refractivity contribution in [2.45, 2.75) is 13.0 Å². The number of rotatable bonds is 8. The Morgan fingerprint density at radius 2 is 1.80 bits per heavy atom. The maximum atomic E-state index is 13.9. The monoisotopic (exact) mass is 555 g/mol. The molecule has 2 heterocycles. The fraction of sp³-hybridized carbons (Fsp3) is 0.133. The van der Waals surface area contributed by atoms with Gasteiger partial charge in [0.1, 0.15) is 11.5 Å². The van der Waals surface area contributed by atoms with Gasteiger partial charge < -0.3 is 19.9 Å². The summed E-state index contributed by atoms with van der Waals surface area (Å²) in [7, 11) is 1.57. The van der Waals surface area contributed by atoms with Gasteiger partial charge >= 0.3 is 5.97 Å². The number of nitrogens with zero attached hydrogens (tertiary/aromatic N) is 2. The summed E-state index contributed by atoms with van der Waals surface area (Å²) >= 11 is 1.21. The van der Waals surface area contributed by atoms with Gasteiger partial charge in [-0.25, -0.2) is 9.79 Å². The summed E-state index contributed by atoms with van der Waals surface area (Å²) in [5, 5.41) is 11.8. The molecule has 0 spiro atoms. The number of hydrogen-bond donors (Lipinski definition) is 2. The predicted molar refractivity (Wildman–Crippen MR) is 151 cm³/mol. The molecule has 0 bridgehead atoms. The highest BCUT2D eigenvalue weighted by atomic mass is 32.1. The fourth-order valence-electron chi connectivity index (χ4n) is 4.42. The Kier molecular flexibility index (Phi) is 7.61. The molecule has 0 saturated carbocycles. The lowest BCUT2D eigenvalue weighted by Gasteiger charge is -2.25. The molecule has 5 rings (SSSR count). The number of carboxylic acids is 1. The highest BCUT2D eigenvalue weighted by molar-refractivity contribution is 7.07. The number of aromatic nitrogens is 1. The summed E-state index contributed by atoms with van der Waals surface area (Å²) in [4.78, 5) is 43.5. The number of nitrogens with one attached hydrogen (secondary N) is 1. The number of allylic oxidation sites excluding steroid dienone is 1. The van der Waals surface area contributed by atoms with Crippen LogP contribution in [-0.2, 0) is 9.59 Å². The smallest absolute Gasteiger partial charge is 0.341 e. The van der Waals surface area contributed by atoms with Crippen molar-refractivity contribution in [2.75, 3.05) is 19.0 Å². The van der Waals surface area contributed by atoms with Crippen molar-refractivity contribution >= 4 is 35.0 Å². The Labute approximate surface area is 233 Å². The van der Waals surface area contributed by atoms with E-state index in [9.17, 15) is 14.4 Å². The molecule has 202 valence electrons. The standard InChI is InChI=1S/C30H25N3O6S/c1-18-26(28(36)32-21-8-4-3-5-9-21)27(20-11-13-22(38-2)14-12-20)33-29(37)24(40-30(33)31-18)16-19-7-6-10-23(15-19)39-17-25(34)35/h3-16,27H,17H2,1-2H3,(H,32,36)(H,34,35). The summed E-state index contributed by atoms with van der Waals surface area (Å²) in [6, 6.07) is 22.4. The number of carboxylic acid groups (broad SMARTS) is 1. The summed E-state index contributed by atoms with van der Waals surface area (Å²) in [5.41, 5.74) is 2.57. The van der Waals surface area contributed by atoms with Crippen LogP contribution in [0.1, 0.15) is 24.1 Å². The number of carbonyl (C=O) groups is 2. The third kappa shape index (κ3) is 5.57. The molecule has 0 fully saturated rings. The highest BCUT2D eigenvalue weighted by Crippen LogP contribution is 2.31. The van der Waals surface area contributed by atoms with E-state index in [0.29, 0.717) is 43.4 Å². The minimum atomic E-state index is -1.08. The molecule has 1 atom stereocenters. The molecule has 1 aliphatic rings. The van der Waals surface area contributed by atoms with E-state index in [4.69, 9.17) is 14.6 Å². The van der Waals surface area contributed by atoms with Crippen molar-refractivity contribution in [1.29, 1.82) is 0 Å². The van der Waals surface area contributed by atoms with Gasteiger partial charge in [0.15, 0.2) is 11.4 Å². The van der Waals surface area contributed by atoms with E-state index in [1.807, 2.05) is 30.3 Å². The number of benzene rings is 3. The van der Waals surface area contributed by atoms with E-state index in [0.717, 1.165) is 5.56 Å². The first-order valence-corrected chi connectivity index (χ1v) is 13.1. The normalized spacial score (nSPS) is 14.8. The molecule has 4 aromatic rings. The molecule has 1 unspecified atom stereocenters. The first-order valence-electron chi connectivity index (χ1n) is 12.3. The average molecular weight is 556 g/mol. The Morgan fingerprint density at radius 3 is 2.50 bits per heavy atom. The molecule has 2 N–H and O–H groups in total. The van der Waals surface area contributed by atoms with Crippen LogP contribution in [0.25, 0.3) is 6.08 Å². The molecule has 0 saturated heterocycles. The van der Waals surface area contributed by atoms with E-state index in [2.05, 4.69) is 10.3 Å². The SMILES string of the molecule is COc1ccc(C2C(C(=O)Nc3ccccc3)=C(C)N=c3sc(=Cc4cccc(OCC(=O)O)c4)c(=O)n32)cc1. The number of aliphatic carboxylic acids is 1. The van der Waals surface area contributed by atoms with Crippen molar-refractivity contribution in [2.24, 2.45) is 4.99 Å². The summed E-state index contributed by atoms with van der Waals surface area (Å²) in [6.45, 7) is 1.29. The largest absolute Gasteiger partial charge is 0.497 e. The molecule has 0 radical (unpaired) electrons. The van der Waals surface area contributed by atoms with Crippen LogP contribution in [-0.4, -0.2) is 35.3 Å². The van der Waals surface area contributed by atoms with Crippen LogP contribution in [0.2, 0.25) is 0 Å². The number of para-hydroxylation sites is 1. The lowest BCUT2D eigenvalue weighted by molar-refractivity contribution is -0.139. The molecule has 9 nitrogen and oxygen atoms in total. The van der Waals surface area contributed by atoms with Crippen LogP contribution in [0.15, 0.2) is 99.9 Å². The van der Waals surface area contributed by atoms with Crippen LogP contribution >= 0.6 is 11.3 Å². The zero-order chi connectivity index (χ0) is 28.2. The van der Waals surface area contributed by atoms with Gasteiger partial charge in [0.2, 0.25) is 0 Å². The number of fused-ring (bicyclic) bond motifs is 1. The van der Waals surface area contributed by atoms with Gasteiger partial charge in [0.05, 0.1) is 29.0 Å². The molecular formula is C30H25N3O6S. The van der Waals surface area contributed by atoms with Crippen molar-refractivity contribution in [3.63, 3.8) is 0 Å². The number of thiazole rings is 1. The van der Waals surface area contributed by atoms with Crippen LogP contribution in [0, 0.1) is 0 Å². The van der Waals surface area contributed by atoms with Gasteiger partial charge in [-0.15, -0.1) is 0 Å². The Bertz CT molecular complexity index is 1790. The minimum absolute atomic E-state index is 0.307. The van der Waals surface area contributed by atoms with Crippen molar-refractivity contribution in [1.82, 2.24) is 4.57 Å². The number of carbonyl (C=O) groups excluding carboxylic acids is 1. The first kappa shape index (κ1) is 26.6. The lowest BCUT2D eigenvalue weighted by atomic mass is 9.95. The fourth-order valence-corrected chi connectivity index (χ4v) is 5.47. The number of ether oxygens (including phenoxy) is 2. The summed E-state index contributed by atoms with van der Waals surface area (Å²) in [6.07, 6.45) is 1.70. The van der Waals surface area contributed by atoms with Gasteiger partial charge in [0.25, 0.3) is 11.5 Å². The lowest BCUT2D eigenvalue weighted by Crippen LogP contribution is -2.40. The van der Waals surface area contributed by atoms with Gasteiger partial charge in [-0.3, -0.25) is 14.2 Å². The molecule has 3 aromatic carbocycles. The molecule has 10 heteroatoms. The van der Waals surface area contributed by atoms with Gasteiger partial charge in [0, 0.05) is 5.69 Å². The Morgan fingerprint density at radius 1 is 1.05 bits per heavy atom. The second kappa shape index (κ2) is 11.4. The predicted octanol–water partition coefficient (Wildman–Crippen LogP) is 3.35. The van der Waals surface area contributed by atoms with E-state index in [-0.39, 0.29) is 11.5 Å². The quantitative estimate of drug-likeness (QED) is 0.344. The van der Waals surface area contributed by atoms with Crippen LogP contribution in [0.3, 0.4) is 0 Å². The Balaban J connectivity index is 1.61. The molecule has 1 aliphatic heterocycles. The van der Waals surface area contributed by atoms with E-state index in [1.165, 1.54) is 15.9 Å². The zero-order valence-corrected chi connectivity index (χ0v) is 22.5. The van der Waals surface area contributed by atoms with Crippen LogP contribution < -0.4 is 29.7 Å². The second-order valence-electron chi connectivity index (χ2n) is 8.93. The van der Waals surface area contributed by atoms with E-state index in [1.54, 1.807) is 68.6 Å². The number of amides is 1. The molecule has 0 aliphatic carbocycles. The van der Waals surface area contributed by atoms with Crippen molar-refractivity contribution in [3.8, 4) is 11.5 Å². The van der Waals surface area contributed by atoms with Crippen molar-refractivity contribution in [3.05, 3.63) is 121 Å². The van der Waals surface area contributed by atoms with Gasteiger partial charge in [-0.05, 0) is 60.5 Å². The van der Waals surface area contributed by atoms with Crippen LogP contribution in [0.4, 0.5) is 5.69 Å². The average Bonchev–Trinajstić information content (AvgIpc) is 3.25. The first-order chi connectivity index (χ1) is 19.3. The summed E-state index contributed by atoms with van der Waals surface area (Å²) < 4.78 is 12.5. The minimum Gasteiger partial charge on any atom is -0.497 e. The van der Waals surface area contributed by atoms with E-state index < -0.39 is 18.6 Å². The maximum absolute atomic E-state index is 13.9. The van der Waals surface area contributed by atoms with Gasteiger partial charge in [-0.2, -0.15) is 0 Å². The molecular weight excluding hydrogens is 530 g/mol. The number of anilines is 1. The van der Waals surface area contributed by atoms with Crippen molar-refractivity contribution < 1.29 is 24.2 Å². The number of hydrogen-bond acceptors (Lipinski definition) is 7. The van der Waals surface area contributed by atoms with Gasteiger partial charge in [-0.1, -0.05) is 53.8 Å². The number of methoxy groups -OCH3 is 1. The second-order valence-corrected chi connectivity index (χ2v) is 9.94. The Hall–Kier alpha value is -4.96. The third-order valence-electron chi connectivity index (χ3n) is 6.25. The topological polar surface area (TPSA) is 119 Å². The van der Waals surface area contributed by atoms with Crippen LogP contribution in [0.5, 0.6) is 11.5 Å². The molecule has 40 heavy (non-hydrogen) atoms. The molecule has 1 aromatic heterocycles. The molecule has 1 amide bonds. The zero-order valence-electron chi connectivity index (χ0n) is 21.7. The third-order valence-corrected chi connectivity index (χ3v) is 7.23. The maximum Gasteiger partial charge on any atom is 0.341 e. The van der Waals surface area contributed by atoms with E-state index >= 15 is 0 Å². The highest BCUT2D eigenvalue weighted by Gasteiger charge is 2.32. The summed E-state index contributed by atoms with van der Waals surface area (Å²) in [5.74, 6) is -0.418.